The van der Waals surface area contributed by atoms with Crippen LogP contribution in [0, 0.1) is 5.41 Å². The highest BCUT2D eigenvalue weighted by molar-refractivity contribution is 5.97. The van der Waals surface area contributed by atoms with Crippen LogP contribution in [0.2, 0.25) is 0 Å². The minimum absolute atomic E-state index is 0.0563. The van der Waals surface area contributed by atoms with E-state index in [-0.39, 0.29) is 36.9 Å². The van der Waals surface area contributed by atoms with E-state index in [1.807, 2.05) is 48.6 Å². The van der Waals surface area contributed by atoms with Gasteiger partial charge in [0.15, 0.2) is 0 Å². The molecule has 2 N–H and O–H groups in total. The quantitative estimate of drug-likeness (QED) is 0.494. The van der Waals surface area contributed by atoms with Gasteiger partial charge >= 0.3 is 0 Å². The number of fused-ring (bicyclic) bond motifs is 1. The average Bonchev–Trinajstić information content (AvgIpc) is 3.00. The molecular weight excluding hydrogens is 504 g/mol. The second-order valence-corrected chi connectivity index (χ2v) is 10.4. The molecule has 0 saturated carbocycles. The molecule has 1 spiro atoms. The average molecular weight is 539 g/mol. The van der Waals surface area contributed by atoms with Crippen LogP contribution < -0.4 is 15.4 Å². The zero-order chi connectivity index (χ0) is 27.8. The monoisotopic (exact) mass is 538 g/mol. The van der Waals surface area contributed by atoms with Gasteiger partial charge in [0, 0.05) is 32.0 Å². The Morgan fingerprint density at radius 3 is 2.52 bits per heavy atom. The lowest BCUT2D eigenvalue weighted by Gasteiger charge is -2.41. The summed E-state index contributed by atoms with van der Waals surface area (Å²) >= 11 is 0. The lowest BCUT2D eigenvalue weighted by molar-refractivity contribution is -0.134. The number of hydrogen-bond acceptors (Lipinski definition) is 5. The number of rotatable bonds is 3. The van der Waals surface area contributed by atoms with Gasteiger partial charge in [-0.15, -0.1) is 0 Å². The molecule has 1 atom stereocenters. The number of aromatic nitrogens is 1. The van der Waals surface area contributed by atoms with E-state index in [1.54, 1.807) is 47.6 Å². The summed E-state index contributed by atoms with van der Waals surface area (Å²) < 4.78 is 5.92. The van der Waals surface area contributed by atoms with Gasteiger partial charge in [-0.2, -0.15) is 0 Å². The molecule has 8 heteroatoms. The number of pyridine rings is 1. The molecule has 3 amide bonds. The lowest BCUT2D eigenvalue weighted by Crippen LogP contribution is -2.54. The van der Waals surface area contributed by atoms with E-state index in [0.717, 1.165) is 5.56 Å². The predicted octanol–water partition coefficient (Wildman–Crippen LogP) is 3.80. The number of nitrogens with one attached hydrogen (secondary N) is 2. The third-order valence-electron chi connectivity index (χ3n) is 7.71. The standard InChI is InChI=1S/C32H34N4O4/c37-29-27-12-4-5-13-28(27)40-20-7-6-14-32(15-18-36(19-16-32)30(38)25-11-8-17-33-22-25)31(39)35-26(23-34-29)21-24-9-2-1-3-10-24/h1-13,17,22,26H,14-16,18-21,23H2,(H,34,37)(H,35,39)/b7-6+/t26-/m1/s1. The molecule has 3 heterocycles. The van der Waals surface area contributed by atoms with Crippen molar-refractivity contribution in [3.63, 3.8) is 0 Å². The molecule has 2 aliphatic rings. The Morgan fingerprint density at radius 1 is 0.975 bits per heavy atom. The topological polar surface area (TPSA) is 101 Å². The molecule has 0 radical (unpaired) electrons. The summed E-state index contributed by atoms with van der Waals surface area (Å²) in [5, 5.41) is 6.27. The van der Waals surface area contributed by atoms with Crippen molar-refractivity contribution in [3.8, 4) is 5.75 Å². The Bertz CT molecular complexity index is 1350. The Labute approximate surface area is 234 Å². The van der Waals surface area contributed by atoms with Gasteiger partial charge in [0.25, 0.3) is 11.8 Å². The summed E-state index contributed by atoms with van der Waals surface area (Å²) in [5.74, 6) is 0.138. The Hall–Kier alpha value is -4.46. The number of carbonyl (C=O) groups excluding carboxylic acids is 3. The first-order chi connectivity index (χ1) is 19.5. The number of piperidine rings is 1. The molecule has 0 bridgehead atoms. The van der Waals surface area contributed by atoms with Crippen molar-refractivity contribution in [2.75, 3.05) is 26.2 Å². The fourth-order valence-electron chi connectivity index (χ4n) is 5.35. The normalized spacial score (nSPS) is 20.3. The summed E-state index contributed by atoms with van der Waals surface area (Å²) in [6.45, 7) is 1.49. The summed E-state index contributed by atoms with van der Waals surface area (Å²) in [6, 6.07) is 20.3. The smallest absolute Gasteiger partial charge is 0.255 e. The van der Waals surface area contributed by atoms with Gasteiger partial charge in [0.1, 0.15) is 12.4 Å². The molecule has 1 saturated heterocycles. The van der Waals surface area contributed by atoms with Crippen molar-refractivity contribution >= 4 is 17.7 Å². The zero-order valence-corrected chi connectivity index (χ0v) is 22.4. The number of carbonyl (C=O) groups is 3. The number of likely N-dealkylation sites (tertiary alicyclic amines) is 1. The number of allylic oxidation sites excluding steroid dienone is 1. The van der Waals surface area contributed by atoms with Crippen LogP contribution in [0.3, 0.4) is 0 Å². The summed E-state index contributed by atoms with van der Waals surface area (Å²) in [4.78, 5) is 46.0. The van der Waals surface area contributed by atoms with E-state index in [4.69, 9.17) is 4.74 Å². The maximum atomic E-state index is 14.0. The van der Waals surface area contributed by atoms with Crippen LogP contribution in [0.4, 0.5) is 0 Å². The van der Waals surface area contributed by atoms with Gasteiger partial charge in [-0.3, -0.25) is 19.4 Å². The van der Waals surface area contributed by atoms with E-state index in [1.165, 1.54) is 0 Å². The van der Waals surface area contributed by atoms with Crippen LogP contribution in [0.5, 0.6) is 5.75 Å². The number of para-hydroxylation sites is 1. The molecular formula is C32H34N4O4. The van der Waals surface area contributed by atoms with Crippen molar-refractivity contribution in [2.24, 2.45) is 5.41 Å². The number of benzene rings is 2. The van der Waals surface area contributed by atoms with Crippen LogP contribution in [0.25, 0.3) is 0 Å². The van der Waals surface area contributed by atoms with Gasteiger partial charge in [0.2, 0.25) is 5.91 Å². The van der Waals surface area contributed by atoms with Crippen LogP contribution in [0.1, 0.15) is 45.5 Å². The largest absolute Gasteiger partial charge is 0.489 e. The predicted molar refractivity (Wildman–Crippen MR) is 152 cm³/mol. The van der Waals surface area contributed by atoms with Crippen molar-refractivity contribution in [3.05, 3.63) is 108 Å². The molecule has 3 aromatic rings. The third kappa shape index (κ3) is 6.39. The highest BCUT2D eigenvalue weighted by Crippen LogP contribution is 2.37. The molecule has 0 aliphatic carbocycles. The number of amides is 3. The minimum atomic E-state index is -0.677. The molecule has 1 aromatic heterocycles. The first-order valence-electron chi connectivity index (χ1n) is 13.7. The number of nitrogens with zero attached hydrogens (tertiary/aromatic N) is 2. The maximum absolute atomic E-state index is 14.0. The van der Waals surface area contributed by atoms with Gasteiger partial charge in [-0.1, -0.05) is 54.6 Å². The van der Waals surface area contributed by atoms with Crippen LogP contribution in [0.15, 0.2) is 91.3 Å². The van der Waals surface area contributed by atoms with Gasteiger partial charge in [-0.05, 0) is 55.5 Å². The van der Waals surface area contributed by atoms with Gasteiger partial charge in [-0.25, -0.2) is 0 Å². The Morgan fingerprint density at radius 2 is 1.75 bits per heavy atom. The SMILES string of the molecule is O=C1NC[C@@H](Cc2ccccc2)NC(=O)C2(C/C=C/COc3ccccc31)CCN(C(=O)c1cccnc1)CC2. The molecule has 8 nitrogen and oxygen atoms in total. The highest BCUT2D eigenvalue weighted by atomic mass is 16.5. The second-order valence-electron chi connectivity index (χ2n) is 10.4. The van der Waals surface area contributed by atoms with E-state index in [0.29, 0.717) is 55.6 Å². The second kappa shape index (κ2) is 12.6. The van der Waals surface area contributed by atoms with Crippen molar-refractivity contribution in [2.45, 2.75) is 31.7 Å². The lowest BCUT2D eigenvalue weighted by atomic mass is 9.74. The maximum Gasteiger partial charge on any atom is 0.255 e. The van der Waals surface area contributed by atoms with Crippen molar-refractivity contribution in [1.29, 1.82) is 0 Å². The molecule has 1 fully saturated rings. The molecule has 206 valence electrons. The molecule has 40 heavy (non-hydrogen) atoms. The van der Waals surface area contributed by atoms with Crippen LogP contribution >= 0.6 is 0 Å². The first-order valence-corrected chi connectivity index (χ1v) is 13.7. The van der Waals surface area contributed by atoms with Crippen molar-refractivity contribution < 1.29 is 19.1 Å². The molecule has 2 aliphatic heterocycles. The fraction of sp³-hybridized carbons (Fsp3) is 0.312. The van der Waals surface area contributed by atoms with Crippen LogP contribution in [-0.2, 0) is 11.2 Å². The Kier molecular flexibility index (Phi) is 8.54. The van der Waals surface area contributed by atoms with Gasteiger partial charge < -0.3 is 20.3 Å². The van der Waals surface area contributed by atoms with E-state index < -0.39 is 5.41 Å². The summed E-state index contributed by atoms with van der Waals surface area (Å²) in [6.07, 6.45) is 9.26. The summed E-state index contributed by atoms with van der Waals surface area (Å²) in [5.41, 5.74) is 1.39. The zero-order valence-electron chi connectivity index (χ0n) is 22.4. The van der Waals surface area contributed by atoms with Gasteiger partial charge in [0.05, 0.1) is 22.6 Å². The number of ether oxygens (including phenoxy) is 1. The third-order valence-corrected chi connectivity index (χ3v) is 7.71. The Balaban J connectivity index is 1.38. The molecule has 5 rings (SSSR count). The van der Waals surface area contributed by atoms with E-state index in [2.05, 4.69) is 15.6 Å². The minimum Gasteiger partial charge on any atom is -0.489 e. The van der Waals surface area contributed by atoms with Crippen molar-refractivity contribution in [1.82, 2.24) is 20.5 Å². The molecule has 0 unspecified atom stereocenters. The molecule has 2 aromatic carbocycles. The highest BCUT2D eigenvalue weighted by Gasteiger charge is 2.42. The fourth-order valence-corrected chi connectivity index (χ4v) is 5.35. The van der Waals surface area contributed by atoms with E-state index >= 15 is 0 Å². The number of hydrogen-bond donors (Lipinski definition) is 2. The summed E-state index contributed by atoms with van der Waals surface area (Å²) in [7, 11) is 0. The first kappa shape index (κ1) is 27.1. The van der Waals surface area contributed by atoms with E-state index in [9.17, 15) is 14.4 Å². The van der Waals surface area contributed by atoms with Crippen LogP contribution in [-0.4, -0.2) is 59.9 Å².